The largest absolute Gasteiger partial charge is 0.314 e. The molecule has 0 amide bonds. The third kappa shape index (κ3) is 3.29. The highest BCUT2D eigenvalue weighted by atomic mass is 79.9. The molecule has 2 nitrogen and oxygen atoms in total. The van der Waals surface area contributed by atoms with Crippen LogP contribution < -0.4 is 10.6 Å². The SMILES string of the molecule is CNC(CC1CCCCN1)c1ccc(Br)s1. The van der Waals surface area contributed by atoms with Crippen molar-refractivity contribution in [3.8, 4) is 0 Å². The molecule has 0 saturated carbocycles. The quantitative estimate of drug-likeness (QED) is 0.892. The molecule has 2 N–H and O–H groups in total. The number of thiophene rings is 1. The lowest BCUT2D eigenvalue weighted by atomic mass is 9.97. The van der Waals surface area contributed by atoms with Crippen molar-refractivity contribution in [3.05, 3.63) is 20.8 Å². The maximum absolute atomic E-state index is 3.61. The van der Waals surface area contributed by atoms with Crippen LogP contribution in [0.3, 0.4) is 0 Å². The lowest BCUT2D eigenvalue weighted by Gasteiger charge is -2.27. The number of hydrogen-bond donors (Lipinski definition) is 2. The van der Waals surface area contributed by atoms with Gasteiger partial charge in [-0.15, -0.1) is 11.3 Å². The van der Waals surface area contributed by atoms with E-state index in [1.807, 2.05) is 11.3 Å². The Morgan fingerprint density at radius 2 is 2.44 bits per heavy atom. The van der Waals surface area contributed by atoms with E-state index in [2.05, 4.69) is 45.7 Å². The molecular weight excluding hydrogens is 284 g/mol. The van der Waals surface area contributed by atoms with Crippen molar-refractivity contribution in [2.45, 2.75) is 37.8 Å². The predicted molar refractivity (Wildman–Crippen MR) is 74.1 cm³/mol. The second-order valence-electron chi connectivity index (χ2n) is 4.37. The lowest BCUT2D eigenvalue weighted by Crippen LogP contribution is -2.36. The van der Waals surface area contributed by atoms with Crippen molar-refractivity contribution in [1.29, 1.82) is 0 Å². The van der Waals surface area contributed by atoms with Crippen LogP contribution in [0.5, 0.6) is 0 Å². The standard InChI is InChI=1S/C12H19BrN2S/c1-14-10(11-5-6-12(13)16-11)8-9-4-2-3-7-15-9/h5-6,9-10,14-15H,2-4,7-8H2,1H3. The first-order valence-corrected chi connectivity index (χ1v) is 7.56. The van der Waals surface area contributed by atoms with Crippen LogP contribution in [0.1, 0.15) is 36.6 Å². The summed E-state index contributed by atoms with van der Waals surface area (Å²) in [6.07, 6.45) is 5.24. The molecule has 0 aliphatic carbocycles. The van der Waals surface area contributed by atoms with Gasteiger partial charge in [-0.1, -0.05) is 6.42 Å². The van der Waals surface area contributed by atoms with E-state index in [9.17, 15) is 0 Å². The van der Waals surface area contributed by atoms with Gasteiger partial charge in [0.05, 0.1) is 3.79 Å². The van der Waals surface area contributed by atoms with Crippen LogP contribution in [0.15, 0.2) is 15.9 Å². The number of nitrogens with one attached hydrogen (secondary N) is 2. The average Bonchev–Trinajstić information content (AvgIpc) is 2.74. The molecule has 1 aromatic heterocycles. The van der Waals surface area contributed by atoms with Crippen molar-refractivity contribution >= 4 is 27.3 Å². The van der Waals surface area contributed by atoms with E-state index in [-0.39, 0.29) is 0 Å². The summed E-state index contributed by atoms with van der Waals surface area (Å²) in [6.45, 7) is 1.19. The summed E-state index contributed by atoms with van der Waals surface area (Å²) < 4.78 is 1.22. The highest BCUT2D eigenvalue weighted by Crippen LogP contribution is 2.30. The fourth-order valence-corrected chi connectivity index (χ4v) is 3.85. The number of halogens is 1. The molecule has 90 valence electrons. The summed E-state index contributed by atoms with van der Waals surface area (Å²) in [6, 6.07) is 5.54. The molecule has 2 rings (SSSR count). The van der Waals surface area contributed by atoms with E-state index in [4.69, 9.17) is 0 Å². The van der Waals surface area contributed by atoms with Gasteiger partial charge in [0, 0.05) is 17.0 Å². The zero-order valence-corrected chi connectivity index (χ0v) is 12.0. The number of rotatable bonds is 4. The summed E-state index contributed by atoms with van der Waals surface area (Å²) >= 11 is 5.37. The number of piperidine rings is 1. The minimum Gasteiger partial charge on any atom is -0.314 e. The molecule has 0 spiro atoms. The first-order chi connectivity index (χ1) is 7.79. The molecule has 1 aromatic rings. The molecule has 2 unspecified atom stereocenters. The van der Waals surface area contributed by atoms with Crippen molar-refractivity contribution in [3.63, 3.8) is 0 Å². The molecule has 1 fully saturated rings. The fraction of sp³-hybridized carbons (Fsp3) is 0.667. The van der Waals surface area contributed by atoms with Gasteiger partial charge < -0.3 is 10.6 Å². The van der Waals surface area contributed by atoms with E-state index in [0.717, 1.165) is 0 Å². The molecule has 1 aliphatic heterocycles. The highest BCUT2D eigenvalue weighted by molar-refractivity contribution is 9.11. The van der Waals surface area contributed by atoms with Crippen LogP contribution in [-0.4, -0.2) is 19.6 Å². The van der Waals surface area contributed by atoms with E-state index in [0.29, 0.717) is 12.1 Å². The summed E-state index contributed by atoms with van der Waals surface area (Å²) in [5.41, 5.74) is 0. The van der Waals surface area contributed by atoms with E-state index < -0.39 is 0 Å². The third-order valence-electron chi connectivity index (χ3n) is 3.22. The molecule has 0 bridgehead atoms. The van der Waals surface area contributed by atoms with E-state index >= 15 is 0 Å². The van der Waals surface area contributed by atoms with Crippen molar-refractivity contribution in [2.75, 3.05) is 13.6 Å². The monoisotopic (exact) mass is 302 g/mol. The highest BCUT2D eigenvalue weighted by Gasteiger charge is 2.19. The van der Waals surface area contributed by atoms with Crippen LogP contribution in [-0.2, 0) is 0 Å². The van der Waals surface area contributed by atoms with Gasteiger partial charge in [-0.2, -0.15) is 0 Å². The van der Waals surface area contributed by atoms with Gasteiger partial charge in [0.2, 0.25) is 0 Å². The topological polar surface area (TPSA) is 24.1 Å². The molecule has 0 aromatic carbocycles. The Hall–Kier alpha value is 0.1000. The Kier molecular flexibility index (Phi) is 4.82. The van der Waals surface area contributed by atoms with Gasteiger partial charge in [-0.05, 0) is 60.9 Å². The van der Waals surface area contributed by atoms with Crippen LogP contribution >= 0.6 is 27.3 Å². The zero-order chi connectivity index (χ0) is 11.4. The van der Waals surface area contributed by atoms with Gasteiger partial charge in [0.15, 0.2) is 0 Å². The second kappa shape index (κ2) is 6.15. The van der Waals surface area contributed by atoms with Crippen LogP contribution in [0, 0.1) is 0 Å². The Morgan fingerprint density at radius 3 is 3.00 bits per heavy atom. The van der Waals surface area contributed by atoms with E-state index in [1.165, 1.54) is 40.9 Å². The molecule has 0 radical (unpaired) electrons. The minimum atomic E-state index is 0.492. The smallest absolute Gasteiger partial charge is 0.0701 e. The minimum absolute atomic E-state index is 0.492. The second-order valence-corrected chi connectivity index (χ2v) is 6.86. The Morgan fingerprint density at radius 1 is 1.56 bits per heavy atom. The van der Waals surface area contributed by atoms with Crippen molar-refractivity contribution in [2.24, 2.45) is 0 Å². The maximum Gasteiger partial charge on any atom is 0.0701 e. The average molecular weight is 303 g/mol. The molecule has 4 heteroatoms. The summed E-state index contributed by atoms with van der Waals surface area (Å²) in [5.74, 6) is 0. The molecular formula is C12H19BrN2S. The van der Waals surface area contributed by atoms with Gasteiger partial charge >= 0.3 is 0 Å². The van der Waals surface area contributed by atoms with Crippen molar-refractivity contribution < 1.29 is 0 Å². The fourth-order valence-electron chi connectivity index (χ4n) is 2.30. The molecule has 1 aliphatic rings. The Labute approximate surface area is 110 Å². The van der Waals surface area contributed by atoms with Crippen LogP contribution in [0.25, 0.3) is 0 Å². The first-order valence-electron chi connectivity index (χ1n) is 5.95. The molecule has 1 saturated heterocycles. The molecule has 2 atom stereocenters. The normalized spacial score (nSPS) is 23.2. The van der Waals surface area contributed by atoms with Gasteiger partial charge in [-0.25, -0.2) is 0 Å². The van der Waals surface area contributed by atoms with E-state index in [1.54, 1.807) is 0 Å². The predicted octanol–water partition coefficient (Wildman–Crippen LogP) is 3.30. The Bertz CT molecular complexity index is 321. The molecule has 2 heterocycles. The maximum atomic E-state index is 3.61. The summed E-state index contributed by atoms with van der Waals surface area (Å²) in [7, 11) is 2.06. The van der Waals surface area contributed by atoms with Gasteiger partial charge in [0.1, 0.15) is 0 Å². The summed E-state index contributed by atoms with van der Waals surface area (Å²) in [4.78, 5) is 1.43. The molecule has 16 heavy (non-hydrogen) atoms. The van der Waals surface area contributed by atoms with Gasteiger partial charge in [0.25, 0.3) is 0 Å². The van der Waals surface area contributed by atoms with Crippen molar-refractivity contribution in [1.82, 2.24) is 10.6 Å². The summed E-state index contributed by atoms with van der Waals surface area (Å²) in [5, 5.41) is 7.04. The third-order valence-corrected chi connectivity index (χ3v) is 4.96. The van der Waals surface area contributed by atoms with Crippen LogP contribution in [0.2, 0.25) is 0 Å². The zero-order valence-electron chi connectivity index (χ0n) is 9.63. The number of hydrogen-bond acceptors (Lipinski definition) is 3. The lowest BCUT2D eigenvalue weighted by molar-refractivity contribution is 0.348. The Balaban J connectivity index is 1.94. The van der Waals surface area contributed by atoms with Crippen LogP contribution in [0.4, 0.5) is 0 Å². The first kappa shape index (κ1) is 12.6. The van der Waals surface area contributed by atoms with Gasteiger partial charge in [-0.3, -0.25) is 0 Å².